The summed E-state index contributed by atoms with van der Waals surface area (Å²) in [7, 11) is 3.73. The second kappa shape index (κ2) is 8.32. The molecule has 1 aliphatic rings. The van der Waals surface area contributed by atoms with E-state index in [-0.39, 0.29) is 24.6 Å². The molecule has 0 spiro atoms. The summed E-state index contributed by atoms with van der Waals surface area (Å²) in [6, 6.07) is 0. The number of aryl methyl sites for hydroxylation is 1. The fourth-order valence-corrected chi connectivity index (χ4v) is 2.91. The van der Waals surface area contributed by atoms with E-state index in [0.717, 1.165) is 25.9 Å². The zero-order valence-corrected chi connectivity index (χ0v) is 16.8. The second-order valence-corrected chi connectivity index (χ2v) is 7.10. The normalized spacial score (nSPS) is 13.6. The molecule has 28 heavy (non-hydrogen) atoms. The Kier molecular flexibility index (Phi) is 5.86. The quantitative estimate of drug-likeness (QED) is 0.740. The topological polar surface area (TPSA) is 109 Å². The molecule has 3 heterocycles. The maximum absolute atomic E-state index is 12.3. The number of aromatic nitrogens is 5. The molecule has 0 atom stereocenters. The molecular weight excluding hydrogens is 360 g/mol. The number of carbonyl (C=O) groups excluding carboxylic acids is 1. The van der Waals surface area contributed by atoms with Gasteiger partial charge in [0.2, 0.25) is 17.8 Å². The molecule has 10 nitrogen and oxygen atoms in total. The Morgan fingerprint density at radius 3 is 2.57 bits per heavy atom. The number of hydrogen-bond acceptors (Lipinski definition) is 8. The second-order valence-electron chi connectivity index (χ2n) is 7.10. The van der Waals surface area contributed by atoms with Crippen molar-refractivity contribution in [1.82, 2.24) is 29.8 Å². The zero-order chi connectivity index (χ0) is 20.3. The van der Waals surface area contributed by atoms with Crippen molar-refractivity contribution in [1.29, 1.82) is 0 Å². The van der Waals surface area contributed by atoms with Crippen molar-refractivity contribution < 1.29 is 4.79 Å². The van der Waals surface area contributed by atoms with Gasteiger partial charge in [-0.05, 0) is 26.7 Å². The Labute approximate surface area is 163 Å². The number of amides is 1. The molecular formula is C18H26N8O2. The predicted octanol–water partition coefficient (Wildman–Crippen LogP) is 0.0277. The summed E-state index contributed by atoms with van der Waals surface area (Å²) in [5.41, 5.74) is 0.991. The minimum atomic E-state index is -0.304. The Morgan fingerprint density at radius 2 is 1.89 bits per heavy atom. The average molecular weight is 386 g/mol. The lowest BCUT2D eigenvalue weighted by Crippen LogP contribution is -2.34. The largest absolute Gasteiger partial charge is 0.347 e. The van der Waals surface area contributed by atoms with Gasteiger partial charge in [-0.3, -0.25) is 14.2 Å². The highest BCUT2D eigenvalue weighted by Gasteiger charge is 2.18. The third kappa shape index (κ3) is 4.44. The standard InChI is InChI=1S/C18H26N8O2/c1-12-13(2)20-11-26(16(12)28)10-15(27)19-9-14-21-17(24(3)4)23-18(22-14)25-7-5-6-8-25/h11H,5-10H2,1-4H3,(H,19,27). The van der Waals surface area contributed by atoms with Crippen LogP contribution in [0.2, 0.25) is 0 Å². The van der Waals surface area contributed by atoms with Gasteiger partial charge >= 0.3 is 0 Å². The summed E-state index contributed by atoms with van der Waals surface area (Å²) in [4.78, 5) is 46.0. The minimum absolute atomic E-state index is 0.0996. The van der Waals surface area contributed by atoms with Crippen LogP contribution in [-0.4, -0.2) is 57.6 Å². The van der Waals surface area contributed by atoms with Crippen LogP contribution in [0.25, 0.3) is 0 Å². The van der Waals surface area contributed by atoms with Gasteiger partial charge in [-0.15, -0.1) is 0 Å². The molecule has 10 heteroatoms. The van der Waals surface area contributed by atoms with Crippen LogP contribution in [-0.2, 0) is 17.9 Å². The van der Waals surface area contributed by atoms with Gasteiger partial charge in [-0.2, -0.15) is 15.0 Å². The number of rotatable bonds is 6. The van der Waals surface area contributed by atoms with E-state index in [0.29, 0.717) is 29.0 Å². The smallest absolute Gasteiger partial charge is 0.256 e. The van der Waals surface area contributed by atoms with Crippen LogP contribution in [0.5, 0.6) is 0 Å². The highest BCUT2D eigenvalue weighted by Crippen LogP contribution is 2.17. The first-order valence-electron chi connectivity index (χ1n) is 9.31. The van der Waals surface area contributed by atoms with E-state index in [1.54, 1.807) is 13.8 Å². The molecule has 1 saturated heterocycles. The van der Waals surface area contributed by atoms with Gasteiger partial charge in [0.15, 0.2) is 5.82 Å². The number of nitrogens with one attached hydrogen (secondary N) is 1. The summed E-state index contributed by atoms with van der Waals surface area (Å²) < 4.78 is 1.30. The lowest BCUT2D eigenvalue weighted by Gasteiger charge is -2.19. The van der Waals surface area contributed by atoms with Crippen molar-refractivity contribution in [2.24, 2.45) is 0 Å². The summed E-state index contributed by atoms with van der Waals surface area (Å²) in [6.07, 6.45) is 3.63. The van der Waals surface area contributed by atoms with Crippen molar-refractivity contribution in [3.63, 3.8) is 0 Å². The first kappa shape index (κ1) is 19.7. The van der Waals surface area contributed by atoms with Gasteiger partial charge in [0, 0.05) is 38.4 Å². The molecule has 0 saturated carbocycles. The fraction of sp³-hybridized carbons (Fsp3) is 0.556. The molecule has 2 aromatic rings. The molecule has 1 aliphatic heterocycles. The molecule has 150 valence electrons. The number of carbonyl (C=O) groups is 1. The van der Waals surface area contributed by atoms with Crippen LogP contribution in [0.15, 0.2) is 11.1 Å². The first-order valence-corrected chi connectivity index (χ1v) is 9.31. The molecule has 0 unspecified atom stereocenters. The van der Waals surface area contributed by atoms with Crippen LogP contribution < -0.4 is 20.7 Å². The summed E-state index contributed by atoms with van der Waals surface area (Å²) in [5.74, 6) is 1.37. The molecule has 1 amide bonds. The average Bonchev–Trinajstić information content (AvgIpc) is 3.21. The van der Waals surface area contributed by atoms with Crippen molar-refractivity contribution in [3.05, 3.63) is 33.8 Å². The Morgan fingerprint density at radius 1 is 1.18 bits per heavy atom. The van der Waals surface area contributed by atoms with Crippen LogP contribution in [0.4, 0.5) is 11.9 Å². The van der Waals surface area contributed by atoms with E-state index in [4.69, 9.17) is 0 Å². The number of anilines is 2. The number of hydrogen-bond donors (Lipinski definition) is 1. The zero-order valence-electron chi connectivity index (χ0n) is 16.8. The summed E-state index contributed by atoms with van der Waals surface area (Å²) >= 11 is 0. The molecule has 0 radical (unpaired) electrons. The SMILES string of the molecule is Cc1ncn(CC(=O)NCc2nc(N(C)C)nc(N3CCCC3)n2)c(=O)c1C. The maximum Gasteiger partial charge on any atom is 0.256 e. The van der Waals surface area contributed by atoms with Crippen LogP contribution >= 0.6 is 0 Å². The number of nitrogens with zero attached hydrogens (tertiary/aromatic N) is 7. The van der Waals surface area contributed by atoms with E-state index in [1.807, 2.05) is 19.0 Å². The molecule has 1 fully saturated rings. The van der Waals surface area contributed by atoms with Crippen molar-refractivity contribution in [3.8, 4) is 0 Å². The van der Waals surface area contributed by atoms with E-state index < -0.39 is 0 Å². The Bertz CT molecular complexity index is 918. The highest BCUT2D eigenvalue weighted by atomic mass is 16.2. The molecule has 2 aromatic heterocycles. The summed E-state index contributed by atoms with van der Waals surface area (Å²) in [5, 5.41) is 2.78. The van der Waals surface area contributed by atoms with Gasteiger partial charge in [0.1, 0.15) is 6.54 Å². The van der Waals surface area contributed by atoms with Crippen LogP contribution in [0.3, 0.4) is 0 Å². The third-order valence-corrected chi connectivity index (χ3v) is 4.72. The van der Waals surface area contributed by atoms with E-state index >= 15 is 0 Å². The van der Waals surface area contributed by atoms with Gasteiger partial charge in [0.05, 0.1) is 12.9 Å². The van der Waals surface area contributed by atoms with Crippen molar-refractivity contribution in [2.75, 3.05) is 37.0 Å². The Hall–Kier alpha value is -3.04. The van der Waals surface area contributed by atoms with Crippen molar-refractivity contribution in [2.45, 2.75) is 39.8 Å². The first-order chi connectivity index (χ1) is 13.3. The molecule has 0 aromatic carbocycles. The lowest BCUT2D eigenvalue weighted by atomic mass is 10.3. The van der Waals surface area contributed by atoms with E-state index in [1.165, 1.54) is 10.9 Å². The molecule has 3 rings (SSSR count). The van der Waals surface area contributed by atoms with Crippen molar-refractivity contribution >= 4 is 17.8 Å². The Balaban J connectivity index is 1.70. The minimum Gasteiger partial charge on any atom is -0.347 e. The molecule has 0 bridgehead atoms. The molecule has 0 aliphatic carbocycles. The van der Waals surface area contributed by atoms with Gasteiger partial charge in [-0.1, -0.05) is 0 Å². The lowest BCUT2D eigenvalue weighted by molar-refractivity contribution is -0.121. The van der Waals surface area contributed by atoms with E-state index in [2.05, 4.69) is 30.2 Å². The van der Waals surface area contributed by atoms with E-state index in [9.17, 15) is 9.59 Å². The van der Waals surface area contributed by atoms with Gasteiger partial charge in [-0.25, -0.2) is 4.98 Å². The van der Waals surface area contributed by atoms with Gasteiger partial charge < -0.3 is 15.1 Å². The fourth-order valence-electron chi connectivity index (χ4n) is 2.91. The maximum atomic E-state index is 12.3. The third-order valence-electron chi connectivity index (χ3n) is 4.72. The predicted molar refractivity (Wildman–Crippen MR) is 105 cm³/mol. The van der Waals surface area contributed by atoms with Gasteiger partial charge in [0.25, 0.3) is 5.56 Å². The molecule has 1 N–H and O–H groups in total. The van der Waals surface area contributed by atoms with Crippen LogP contribution in [0.1, 0.15) is 29.9 Å². The van der Waals surface area contributed by atoms with Crippen LogP contribution in [0, 0.1) is 13.8 Å². The monoisotopic (exact) mass is 386 g/mol. The summed E-state index contributed by atoms with van der Waals surface area (Å²) in [6.45, 7) is 5.37. The highest BCUT2D eigenvalue weighted by molar-refractivity contribution is 5.75.